The van der Waals surface area contributed by atoms with E-state index in [9.17, 15) is 0 Å². The zero-order chi connectivity index (χ0) is 39.0. The molecular weight excluding hydrogens is 885 g/mol. The van der Waals surface area contributed by atoms with Crippen LogP contribution >= 0.6 is 0 Å². The second-order valence-corrected chi connectivity index (χ2v) is 21.6. The van der Waals surface area contributed by atoms with Crippen molar-refractivity contribution in [1.29, 1.82) is 0 Å². The molecule has 4 heterocycles. The van der Waals surface area contributed by atoms with Crippen LogP contribution in [-0.4, -0.2) is 37.8 Å². The molecular formula is C47H50IrN6OSi-2. The molecule has 0 spiro atoms. The monoisotopic (exact) mass is 935 g/mol. The molecule has 0 aliphatic carbocycles. The summed E-state index contributed by atoms with van der Waals surface area (Å²) in [6.45, 7) is 22.8. The van der Waals surface area contributed by atoms with E-state index in [0.717, 1.165) is 50.9 Å². The predicted molar refractivity (Wildman–Crippen MR) is 229 cm³/mol. The van der Waals surface area contributed by atoms with E-state index in [0.29, 0.717) is 34.9 Å². The van der Waals surface area contributed by atoms with Crippen molar-refractivity contribution in [2.45, 2.75) is 86.4 Å². The maximum absolute atomic E-state index is 6.36. The maximum atomic E-state index is 6.36. The van der Waals surface area contributed by atoms with Gasteiger partial charge < -0.3 is 14.0 Å². The molecule has 8 rings (SSSR count). The fourth-order valence-electron chi connectivity index (χ4n) is 7.43. The molecule has 289 valence electrons. The third-order valence-electron chi connectivity index (χ3n) is 9.97. The molecule has 1 radical (unpaired) electrons. The normalized spacial score (nSPS) is 11.8. The number of pyridine rings is 1. The molecule has 4 aromatic carbocycles. The number of hydrogen-bond acceptors (Lipinski definition) is 6. The minimum atomic E-state index is -1.34. The Hall–Kier alpha value is -4.82. The smallest absolute Gasteiger partial charge is 0.197 e. The van der Waals surface area contributed by atoms with E-state index in [1.807, 2.05) is 48.5 Å². The number of imidazole rings is 1. The van der Waals surface area contributed by atoms with Crippen molar-refractivity contribution >= 4 is 46.5 Å². The first-order chi connectivity index (χ1) is 26.3. The van der Waals surface area contributed by atoms with Gasteiger partial charge in [0.1, 0.15) is 11.9 Å². The molecule has 7 nitrogen and oxygen atoms in total. The van der Waals surface area contributed by atoms with Crippen molar-refractivity contribution in [3.8, 4) is 28.3 Å². The Morgan fingerprint density at radius 3 is 2.18 bits per heavy atom. The molecule has 0 atom stereocenters. The summed E-state index contributed by atoms with van der Waals surface area (Å²) in [4.78, 5) is 14.1. The van der Waals surface area contributed by atoms with Crippen molar-refractivity contribution in [2.75, 3.05) is 0 Å². The van der Waals surface area contributed by atoms with E-state index >= 15 is 0 Å². The molecule has 0 N–H and O–H groups in total. The van der Waals surface area contributed by atoms with Crippen molar-refractivity contribution in [3.63, 3.8) is 0 Å². The van der Waals surface area contributed by atoms with Crippen LogP contribution in [0.3, 0.4) is 0 Å². The zero-order valence-corrected chi connectivity index (χ0v) is 37.4. The van der Waals surface area contributed by atoms with Crippen molar-refractivity contribution in [2.24, 2.45) is 5.92 Å². The molecule has 0 saturated heterocycles. The number of hydrogen-bond donors (Lipinski definition) is 0. The summed E-state index contributed by atoms with van der Waals surface area (Å²) < 4.78 is 8.47. The van der Waals surface area contributed by atoms with Gasteiger partial charge in [0, 0.05) is 37.4 Å². The first-order valence-electron chi connectivity index (χ1n) is 19.3. The second-order valence-electron chi connectivity index (χ2n) is 16.5. The van der Waals surface area contributed by atoms with Gasteiger partial charge in [-0.05, 0) is 59.2 Å². The van der Waals surface area contributed by atoms with Crippen LogP contribution in [0.4, 0.5) is 0 Å². The number of nitrogens with zero attached hydrogens (tertiary/aromatic N) is 6. The molecule has 0 aliphatic rings. The summed E-state index contributed by atoms with van der Waals surface area (Å²) in [6, 6.07) is 33.6. The minimum Gasteiger partial charge on any atom is -0.501 e. The quantitative estimate of drug-likeness (QED) is 0.111. The van der Waals surface area contributed by atoms with E-state index in [4.69, 9.17) is 9.40 Å². The Balaban J connectivity index is 0.000000217. The summed E-state index contributed by atoms with van der Waals surface area (Å²) in [5, 5.41) is 12.2. The minimum absolute atomic E-state index is 0. The summed E-state index contributed by atoms with van der Waals surface area (Å²) >= 11 is 0. The van der Waals surface area contributed by atoms with Gasteiger partial charge >= 0.3 is 0 Å². The molecule has 8 aromatic rings. The average molecular weight is 935 g/mol. The molecule has 56 heavy (non-hydrogen) atoms. The molecule has 0 aliphatic heterocycles. The molecule has 0 amide bonds. The van der Waals surface area contributed by atoms with E-state index in [-0.39, 0.29) is 20.1 Å². The Morgan fingerprint density at radius 2 is 1.52 bits per heavy atom. The van der Waals surface area contributed by atoms with Gasteiger partial charge in [-0.25, -0.2) is 4.98 Å². The van der Waals surface area contributed by atoms with Crippen LogP contribution in [0, 0.1) is 25.0 Å². The van der Waals surface area contributed by atoms with E-state index in [2.05, 4.69) is 142 Å². The average Bonchev–Trinajstić information content (AvgIpc) is 3.73. The van der Waals surface area contributed by atoms with Gasteiger partial charge in [0.2, 0.25) is 0 Å². The number of benzene rings is 4. The number of furan rings is 1. The molecule has 0 unspecified atom stereocenters. The summed E-state index contributed by atoms with van der Waals surface area (Å²) in [7, 11) is -1.34. The number of aromatic nitrogens is 6. The van der Waals surface area contributed by atoms with Crippen LogP contribution < -0.4 is 5.19 Å². The molecule has 0 fully saturated rings. The fourth-order valence-corrected chi connectivity index (χ4v) is 9.02. The number of para-hydroxylation sites is 1. The van der Waals surface area contributed by atoms with Crippen molar-refractivity contribution < 1.29 is 24.5 Å². The first kappa shape index (κ1) is 40.8. The van der Waals surface area contributed by atoms with Gasteiger partial charge in [-0.2, -0.15) is 0 Å². The predicted octanol–water partition coefficient (Wildman–Crippen LogP) is 11.4. The Morgan fingerprint density at radius 1 is 0.804 bits per heavy atom. The third-order valence-corrected chi connectivity index (χ3v) is 12.0. The molecule has 0 saturated carbocycles. The number of aryl methyl sites for hydroxylation is 1. The Labute approximate surface area is 345 Å². The molecule has 0 bridgehead atoms. The summed E-state index contributed by atoms with van der Waals surface area (Å²) in [5.41, 5.74) is 11.9. The summed E-state index contributed by atoms with van der Waals surface area (Å²) in [5.74, 6) is 1.96. The van der Waals surface area contributed by atoms with Gasteiger partial charge in [-0.3, -0.25) is 4.98 Å². The van der Waals surface area contributed by atoms with Gasteiger partial charge in [0.15, 0.2) is 11.3 Å². The topological polar surface area (TPSA) is 82.5 Å². The first-order valence-corrected chi connectivity index (χ1v) is 22.8. The van der Waals surface area contributed by atoms with E-state index in [1.54, 1.807) is 0 Å². The van der Waals surface area contributed by atoms with Crippen LogP contribution in [0.5, 0.6) is 0 Å². The van der Waals surface area contributed by atoms with Gasteiger partial charge in [0.25, 0.3) is 0 Å². The Kier molecular flexibility index (Phi) is 12.2. The fraction of sp³-hybridized carbons (Fsp3) is 0.298. The van der Waals surface area contributed by atoms with Gasteiger partial charge in [-0.15, -0.1) is 64.3 Å². The van der Waals surface area contributed by atoms with Gasteiger partial charge in [-0.1, -0.05) is 120 Å². The number of rotatable bonds is 8. The van der Waals surface area contributed by atoms with E-state index in [1.165, 1.54) is 33.8 Å². The van der Waals surface area contributed by atoms with Crippen LogP contribution in [0.15, 0.2) is 95.8 Å². The van der Waals surface area contributed by atoms with Crippen molar-refractivity contribution in [3.05, 3.63) is 126 Å². The Bertz CT molecular complexity index is 2590. The summed E-state index contributed by atoms with van der Waals surface area (Å²) in [6.07, 6.45) is 4.68. The van der Waals surface area contributed by atoms with Gasteiger partial charge in [0.05, 0.1) is 19.5 Å². The third kappa shape index (κ3) is 8.17. The maximum Gasteiger partial charge on any atom is 0.197 e. The van der Waals surface area contributed by atoms with Crippen molar-refractivity contribution in [1.82, 2.24) is 29.7 Å². The molecule has 4 aromatic heterocycles. The SMILES string of the molecule is CC(C)Cc1cc(-c2[c-]cccc2)ncc1[Si](C)(C)C.Cc1cc(C(C)C)c(-n2c(-c3[c-]ccc4c3oc3ccccc34)nc3ncnnc32)c(C(C)C)c1.[Ir]. The molecule has 9 heteroatoms. The standard InChI is InChI=1S/C29H26N5O.C18H24NSi.Ir/c1-16(2)22-13-18(5)14-23(17(3)4)25(22)34-28(32-27-29(34)33-31-15-30-27)21-11-8-10-20-19-9-6-7-12-24(19)35-26(20)21;1-14(2)11-16-12-17(15-9-7-6-8-10-15)19-13-18(16)20(3,4)5;/h6-10,12-17H,1-5H3;6-9,12-14H,11H2,1-5H3;/q2*-1;. The largest absolute Gasteiger partial charge is 0.501 e. The van der Waals surface area contributed by atoms with Crippen LogP contribution in [0.1, 0.15) is 75.6 Å². The number of fused-ring (bicyclic) bond motifs is 4. The zero-order valence-electron chi connectivity index (χ0n) is 34.0. The van der Waals surface area contributed by atoms with E-state index < -0.39 is 8.07 Å². The second kappa shape index (κ2) is 16.7. The van der Waals surface area contributed by atoms with Crippen LogP contribution in [-0.2, 0) is 26.5 Å². The van der Waals surface area contributed by atoms with Crippen LogP contribution in [0.2, 0.25) is 19.6 Å². The van der Waals surface area contributed by atoms with Crippen LogP contribution in [0.25, 0.3) is 61.6 Å².